The number of nitrogens with one attached hydrogen (secondary N) is 1. The first-order chi connectivity index (χ1) is 9.13. The van der Waals surface area contributed by atoms with Gasteiger partial charge in [-0.15, -0.1) is 0 Å². The average Bonchev–Trinajstić information content (AvgIpc) is 2.42. The number of halogens is 2. The van der Waals surface area contributed by atoms with Crippen LogP contribution in [0.1, 0.15) is 36.0 Å². The lowest BCUT2D eigenvalue weighted by molar-refractivity contribution is 0.0924. The second-order valence-electron chi connectivity index (χ2n) is 4.74. The van der Waals surface area contributed by atoms with Crippen molar-refractivity contribution in [1.82, 2.24) is 5.32 Å². The van der Waals surface area contributed by atoms with E-state index in [4.69, 9.17) is 0 Å². The summed E-state index contributed by atoms with van der Waals surface area (Å²) in [5.74, 6) is -2.59. The van der Waals surface area contributed by atoms with E-state index in [9.17, 15) is 13.6 Å². The molecule has 1 aliphatic carbocycles. The first kappa shape index (κ1) is 14.3. The number of amides is 1. The van der Waals surface area contributed by atoms with Gasteiger partial charge in [0.05, 0.1) is 5.56 Å². The van der Waals surface area contributed by atoms with Crippen LogP contribution in [-0.2, 0) is 0 Å². The number of thioether (sulfide) groups is 1. The van der Waals surface area contributed by atoms with Gasteiger partial charge in [-0.1, -0.05) is 18.9 Å². The summed E-state index contributed by atoms with van der Waals surface area (Å²) in [4.78, 5) is 12.0. The van der Waals surface area contributed by atoms with E-state index in [2.05, 4.69) is 5.32 Å². The molecule has 0 aromatic heterocycles. The number of hydrogen-bond donors (Lipinski definition) is 1. The maximum Gasteiger partial charge on any atom is 0.254 e. The Morgan fingerprint density at radius 1 is 1.32 bits per heavy atom. The van der Waals surface area contributed by atoms with Gasteiger partial charge in [0.1, 0.15) is 0 Å². The van der Waals surface area contributed by atoms with Crippen molar-refractivity contribution in [3.63, 3.8) is 0 Å². The lowest BCUT2D eigenvalue weighted by atomic mass is 9.94. The van der Waals surface area contributed by atoms with E-state index in [1.807, 2.05) is 6.26 Å². The van der Waals surface area contributed by atoms with Gasteiger partial charge < -0.3 is 5.32 Å². The molecule has 1 aromatic carbocycles. The summed E-state index contributed by atoms with van der Waals surface area (Å²) < 4.78 is 26.6. The zero-order valence-corrected chi connectivity index (χ0v) is 11.6. The van der Waals surface area contributed by atoms with E-state index in [0.717, 1.165) is 31.7 Å². The van der Waals surface area contributed by atoms with Crippen LogP contribution in [0.5, 0.6) is 0 Å². The SMILES string of the molecule is CSC1CCCCC1NC(=O)c1cccc(F)c1F. The highest BCUT2D eigenvalue weighted by Crippen LogP contribution is 2.27. The Hall–Kier alpha value is -1.10. The van der Waals surface area contributed by atoms with Gasteiger partial charge in [0, 0.05) is 11.3 Å². The van der Waals surface area contributed by atoms with Crippen molar-refractivity contribution in [2.75, 3.05) is 6.26 Å². The van der Waals surface area contributed by atoms with Crippen molar-refractivity contribution < 1.29 is 13.6 Å². The molecule has 5 heteroatoms. The van der Waals surface area contributed by atoms with Crippen LogP contribution in [0, 0.1) is 11.6 Å². The van der Waals surface area contributed by atoms with Gasteiger partial charge >= 0.3 is 0 Å². The number of hydrogen-bond acceptors (Lipinski definition) is 2. The third-order valence-electron chi connectivity index (χ3n) is 3.52. The molecule has 0 saturated heterocycles. The van der Waals surface area contributed by atoms with Crippen molar-refractivity contribution >= 4 is 17.7 Å². The maximum atomic E-state index is 13.5. The van der Waals surface area contributed by atoms with E-state index in [0.29, 0.717) is 5.25 Å². The summed E-state index contributed by atoms with van der Waals surface area (Å²) in [6.45, 7) is 0. The first-order valence-corrected chi connectivity index (χ1v) is 7.70. The Morgan fingerprint density at radius 2 is 2.05 bits per heavy atom. The lowest BCUT2D eigenvalue weighted by Gasteiger charge is -2.31. The summed E-state index contributed by atoms with van der Waals surface area (Å²) in [5, 5.41) is 3.19. The number of rotatable bonds is 3. The van der Waals surface area contributed by atoms with Gasteiger partial charge in [0.15, 0.2) is 11.6 Å². The Morgan fingerprint density at radius 3 is 2.79 bits per heavy atom. The van der Waals surface area contributed by atoms with Crippen LogP contribution in [0.15, 0.2) is 18.2 Å². The van der Waals surface area contributed by atoms with Gasteiger partial charge in [0.2, 0.25) is 0 Å². The molecule has 0 bridgehead atoms. The Bertz CT molecular complexity index is 467. The van der Waals surface area contributed by atoms with Gasteiger partial charge in [-0.2, -0.15) is 11.8 Å². The van der Waals surface area contributed by atoms with Gasteiger partial charge in [-0.3, -0.25) is 4.79 Å². The molecule has 1 amide bonds. The number of carbonyl (C=O) groups is 1. The maximum absolute atomic E-state index is 13.5. The minimum absolute atomic E-state index is 0.0407. The van der Waals surface area contributed by atoms with Crippen LogP contribution in [0.4, 0.5) is 8.78 Å². The Balaban J connectivity index is 2.09. The second-order valence-corrected chi connectivity index (χ2v) is 5.82. The fraction of sp³-hybridized carbons (Fsp3) is 0.500. The van der Waals surface area contributed by atoms with Crippen LogP contribution in [0.2, 0.25) is 0 Å². The highest BCUT2D eigenvalue weighted by Gasteiger charge is 2.27. The first-order valence-electron chi connectivity index (χ1n) is 6.41. The lowest BCUT2D eigenvalue weighted by Crippen LogP contribution is -2.44. The molecule has 1 saturated carbocycles. The molecule has 2 atom stereocenters. The van der Waals surface area contributed by atoms with Crippen molar-refractivity contribution in [2.24, 2.45) is 0 Å². The highest BCUT2D eigenvalue weighted by molar-refractivity contribution is 7.99. The van der Waals surface area contributed by atoms with Crippen molar-refractivity contribution in [2.45, 2.75) is 37.0 Å². The fourth-order valence-electron chi connectivity index (χ4n) is 2.47. The van der Waals surface area contributed by atoms with Crippen molar-refractivity contribution in [3.05, 3.63) is 35.4 Å². The Kier molecular flexibility index (Phi) is 4.80. The predicted octanol–water partition coefficient (Wildman–Crippen LogP) is 3.37. The molecule has 0 radical (unpaired) electrons. The Labute approximate surface area is 116 Å². The van der Waals surface area contributed by atoms with E-state index >= 15 is 0 Å². The van der Waals surface area contributed by atoms with Crippen LogP contribution >= 0.6 is 11.8 Å². The average molecular weight is 285 g/mol. The molecule has 2 rings (SSSR count). The predicted molar refractivity (Wildman–Crippen MR) is 73.4 cm³/mol. The molecule has 2 nitrogen and oxygen atoms in total. The summed E-state index contributed by atoms with van der Waals surface area (Å²) in [7, 11) is 0. The standard InChI is InChI=1S/C14H17F2NOS/c1-19-12-8-3-2-7-11(12)17-14(18)9-5-4-6-10(15)13(9)16/h4-6,11-12H,2-3,7-8H2,1H3,(H,17,18). The molecular weight excluding hydrogens is 268 g/mol. The molecule has 104 valence electrons. The minimum Gasteiger partial charge on any atom is -0.348 e. The normalized spacial score (nSPS) is 23.1. The zero-order chi connectivity index (χ0) is 13.8. The second kappa shape index (κ2) is 6.37. The van der Waals surface area contributed by atoms with E-state index in [-0.39, 0.29) is 11.6 Å². The largest absolute Gasteiger partial charge is 0.348 e. The quantitative estimate of drug-likeness (QED) is 0.922. The molecular formula is C14H17F2NOS. The zero-order valence-electron chi connectivity index (χ0n) is 10.8. The van der Waals surface area contributed by atoms with Gasteiger partial charge in [-0.25, -0.2) is 8.78 Å². The van der Waals surface area contributed by atoms with Crippen LogP contribution < -0.4 is 5.32 Å². The van der Waals surface area contributed by atoms with Crippen molar-refractivity contribution in [3.8, 4) is 0 Å². The summed E-state index contributed by atoms with van der Waals surface area (Å²) in [6.07, 6.45) is 6.18. The van der Waals surface area contributed by atoms with Crippen LogP contribution in [-0.4, -0.2) is 23.5 Å². The van der Waals surface area contributed by atoms with Crippen molar-refractivity contribution in [1.29, 1.82) is 0 Å². The number of carbonyl (C=O) groups excluding carboxylic acids is 1. The van der Waals surface area contributed by atoms with E-state index < -0.39 is 17.5 Å². The molecule has 19 heavy (non-hydrogen) atoms. The summed E-state index contributed by atoms with van der Waals surface area (Å²) >= 11 is 1.72. The van der Waals surface area contributed by atoms with E-state index in [1.165, 1.54) is 12.1 Å². The summed E-state index contributed by atoms with van der Waals surface area (Å²) in [5.41, 5.74) is -0.217. The summed E-state index contributed by atoms with van der Waals surface area (Å²) in [6, 6.07) is 3.71. The minimum atomic E-state index is -1.07. The van der Waals surface area contributed by atoms with Gasteiger partial charge in [-0.05, 0) is 31.2 Å². The smallest absolute Gasteiger partial charge is 0.254 e. The highest BCUT2D eigenvalue weighted by atomic mass is 32.2. The van der Waals surface area contributed by atoms with E-state index in [1.54, 1.807) is 11.8 Å². The molecule has 2 unspecified atom stereocenters. The topological polar surface area (TPSA) is 29.1 Å². The number of benzene rings is 1. The molecule has 1 aromatic rings. The molecule has 0 spiro atoms. The molecule has 1 aliphatic rings. The van der Waals surface area contributed by atoms with Crippen LogP contribution in [0.25, 0.3) is 0 Å². The third-order valence-corrected chi connectivity index (χ3v) is 4.69. The third kappa shape index (κ3) is 3.26. The molecule has 1 fully saturated rings. The van der Waals surface area contributed by atoms with Crippen LogP contribution in [0.3, 0.4) is 0 Å². The van der Waals surface area contributed by atoms with Gasteiger partial charge in [0.25, 0.3) is 5.91 Å². The molecule has 1 N–H and O–H groups in total. The fourth-order valence-corrected chi connectivity index (χ4v) is 3.40. The monoisotopic (exact) mass is 285 g/mol. The molecule has 0 aliphatic heterocycles. The molecule has 0 heterocycles.